The molecule has 1 aromatic heterocycles. The van der Waals surface area contributed by atoms with Crippen molar-refractivity contribution < 1.29 is 0 Å². The summed E-state index contributed by atoms with van der Waals surface area (Å²) in [5, 5.41) is 4.69. The fourth-order valence-corrected chi connectivity index (χ4v) is 8.46. The Morgan fingerprint density at radius 2 is 0.738 bits per heavy atom. The monoisotopic (exact) mass is 573 g/mol. The second-order valence-corrected chi connectivity index (χ2v) is 12.6. The Morgan fingerprint density at radius 1 is 0.381 bits per heavy atom. The molecule has 0 saturated heterocycles. The average molecular weight is 574 g/mol. The molecule has 42 heavy (non-hydrogen) atoms. The molecule has 0 fully saturated rings. The summed E-state index contributed by atoms with van der Waals surface area (Å²) in [4.78, 5) is 14.6. The maximum absolute atomic E-state index is 4.71. The minimum Gasteiger partial charge on any atom is -0.307 e. The van der Waals surface area contributed by atoms with Gasteiger partial charge in [-0.1, -0.05) is 96.3 Å². The molecule has 0 radical (unpaired) electrons. The molecule has 0 aliphatic carbocycles. The Morgan fingerprint density at radius 3 is 1.19 bits per heavy atom. The predicted octanol–water partition coefficient (Wildman–Crippen LogP) is 11.3. The first-order chi connectivity index (χ1) is 20.9. The van der Waals surface area contributed by atoms with E-state index in [0.29, 0.717) is 0 Å². The molecule has 3 heterocycles. The van der Waals surface area contributed by atoms with Crippen molar-refractivity contribution >= 4 is 79.2 Å². The fourth-order valence-electron chi connectivity index (χ4n) is 6.35. The van der Waals surface area contributed by atoms with Gasteiger partial charge in [0, 0.05) is 53.5 Å². The number of nitrogens with zero attached hydrogens (tertiary/aromatic N) is 3. The molecule has 0 unspecified atom stereocenters. The minimum absolute atomic E-state index is 1.12. The van der Waals surface area contributed by atoms with Crippen molar-refractivity contribution in [2.45, 2.75) is 19.6 Å². The van der Waals surface area contributed by atoms with Gasteiger partial charge in [0.2, 0.25) is 0 Å². The van der Waals surface area contributed by atoms with E-state index in [9.17, 15) is 0 Å². The maximum Gasteiger partial charge on any atom is 0.0636 e. The Labute approximate surface area is 252 Å². The number of pyridine rings is 1. The highest BCUT2D eigenvalue weighted by Gasteiger charge is 2.31. The molecule has 6 aromatic carbocycles. The Bertz CT molecular complexity index is 1890. The van der Waals surface area contributed by atoms with Crippen molar-refractivity contribution in [3.8, 4) is 0 Å². The second kappa shape index (κ2) is 9.41. The molecular weight excluding hydrogens is 551 g/mol. The molecule has 0 amide bonds. The van der Waals surface area contributed by atoms with Crippen LogP contribution in [-0.2, 0) is 0 Å². The van der Waals surface area contributed by atoms with E-state index >= 15 is 0 Å². The number of fused-ring (bicyclic) bond motifs is 6. The summed E-state index contributed by atoms with van der Waals surface area (Å²) in [6.45, 7) is 0. The van der Waals surface area contributed by atoms with Crippen molar-refractivity contribution in [2.24, 2.45) is 0 Å². The third-order valence-electron chi connectivity index (χ3n) is 8.08. The van der Waals surface area contributed by atoms with Gasteiger partial charge < -0.3 is 9.80 Å². The molecule has 3 nitrogen and oxygen atoms in total. The Balaban J connectivity index is 1.43. The minimum atomic E-state index is 1.12. The average Bonchev–Trinajstić information content (AvgIpc) is 3.05. The van der Waals surface area contributed by atoms with Gasteiger partial charge in [-0.25, -0.2) is 0 Å². The molecule has 0 atom stereocenters. The summed E-state index contributed by atoms with van der Waals surface area (Å²) in [6, 6.07) is 45.9. The van der Waals surface area contributed by atoms with E-state index in [0.717, 1.165) is 11.1 Å². The van der Waals surface area contributed by atoms with Gasteiger partial charge in [0.15, 0.2) is 0 Å². The van der Waals surface area contributed by atoms with Crippen LogP contribution in [0.25, 0.3) is 21.5 Å². The van der Waals surface area contributed by atoms with E-state index in [1.807, 2.05) is 35.9 Å². The molecule has 198 valence electrons. The van der Waals surface area contributed by atoms with E-state index in [2.05, 4.69) is 137 Å². The largest absolute Gasteiger partial charge is 0.307 e. The van der Waals surface area contributed by atoms with Gasteiger partial charge in [-0.05, 0) is 54.6 Å². The highest BCUT2D eigenvalue weighted by molar-refractivity contribution is 8.00. The van der Waals surface area contributed by atoms with Gasteiger partial charge in [-0.15, -0.1) is 0 Å². The summed E-state index contributed by atoms with van der Waals surface area (Å²) < 4.78 is 0. The quantitative estimate of drug-likeness (QED) is 0.191. The molecule has 2 aliphatic heterocycles. The van der Waals surface area contributed by atoms with Crippen molar-refractivity contribution in [1.82, 2.24) is 4.98 Å². The number of aromatic nitrogens is 1. The molecule has 9 rings (SSSR count). The molecule has 2 aliphatic rings. The van der Waals surface area contributed by atoms with Gasteiger partial charge in [-0.3, -0.25) is 4.98 Å². The predicted molar refractivity (Wildman–Crippen MR) is 177 cm³/mol. The van der Waals surface area contributed by atoms with Crippen LogP contribution < -0.4 is 9.80 Å². The van der Waals surface area contributed by atoms with Gasteiger partial charge in [0.05, 0.1) is 34.1 Å². The molecule has 5 heteroatoms. The zero-order valence-corrected chi connectivity index (χ0v) is 24.1. The van der Waals surface area contributed by atoms with Crippen LogP contribution in [0.3, 0.4) is 0 Å². The first-order valence-electron chi connectivity index (χ1n) is 14.0. The van der Waals surface area contributed by atoms with Crippen LogP contribution in [0.1, 0.15) is 0 Å². The molecule has 0 N–H and O–H groups in total. The molecule has 0 saturated carbocycles. The third kappa shape index (κ3) is 3.47. The second-order valence-electron chi connectivity index (χ2n) is 10.4. The normalized spacial score (nSPS) is 13.4. The molecule has 0 bridgehead atoms. The van der Waals surface area contributed by atoms with Crippen LogP contribution in [0.2, 0.25) is 0 Å². The molecule has 0 spiro atoms. The van der Waals surface area contributed by atoms with Crippen LogP contribution in [-0.4, -0.2) is 4.98 Å². The van der Waals surface area contributed by atoms with Crippen molar-refractivity contribution in [2.75, 3.05) is 9.80 Å². The van der Waals surface area contributed by atoms with Gasteiger partial charge in [0.25, 0.3) is 0 Å². The van der Waals surface area contributed by atoms with Crippen LogP contribution in [0, 0.1) is 0 Å². The lowest BCUT2D eigenvalue weighted by atomic mass is 9.96. The summed E-state index contributed by atoms with van der Waals surface area (Å²) >= 11 is 3.67. The van der Waals surface area contributed by atoms with Gasteiger partial charge >= 0.3 is 0 Å². The van der Waals surface area contributed by atoms with Crippen molar-refractivity contribution in [3.63, 3.8) is 0 Å². The zero-order chi connectivity index (χ0) is 27.6. The van der Waals surface area contributed by atoms with Crippen LogP contribution in [0.15, 0.2) is 159 Å². The lowest BCUT2D eigenvalue weighted by molar-refractivity contribution is 1.17. The number of para-hydroxylation sites is 4. The molecule has 7 aromatic rings. The lowest BCUT2D eigenvalue weighted by Crippen LogP contribution is -2.18. The van der Waals surface area contributed by atoms with Crippen LogP contribution >= 0.6 is 23.5 Å². The highest BCUT2D eigenvalue weighted by atomic mass is 32.2. The van der Waals surface area contributed by atoms with E-state index in [1.165, 1.54) is 64.2 Å². The lowest BCUT2D eigenvalue weighted by Gasteiger charge is -2.37. The topological polar surface area (TPSA) is 19.4 Å². The summed E-state index contributed by atoms with van der Waals surface area (Å²) in [5.74, 6) is 0. The number of hydrogen-bond donors (Lipinski definition) is 0. The van der Waals surface area contributed by atoms with E-state index in [4.69, 9.17) is 4.98 Å². The number of rotatable bonds is 2. The molecular formula is C37H23N3S2. The standard InChI is InChI=1S/C37H23N3S2/c1-2-12-25-24(11-1)36(39-28-13-3-7-17-32(28)41-33-18-8-4-14-29(33)39)26-21-22-38-23-27(26)37(25)40-30-15-5-9-19-34(30)42-35-20-10-6-16-31(35)40/h1-23H. The van der Waals surface area contributed by atoms with Gasteiger partial charge in [0.1, 0.15) is 0 Å². The van der Waals surface area contributed by atoms with Crippen molar-refractivity contribution in [1.29, 1.82) is 0 Å². The first kappa shape index (κ1) is 23.9. The fraction of sp³-hybridized carbons (Fsp3) is 0. The summed E-state index contributed by atoms with van der Waals surface area (Å²) in [5.41, 5.74) is 7.11. The van der Waals surface area contributed by atoms with Gasteiger partial charge in [-0.2, -0.15) is 0 Å². The van der Waals surface area contributed by atoms with E-state index in [1.54, 1.807) is 0 Å². The third-order valence-corrected chi connectivity index (χ3v) is 10.3. The van der Waals surface area contributed by atoms with E-state index in [-0.39, 0.29) is 0 Å². The van der Waals surface area contributed by atoms with Crippen LogP contribution in [0.4, 0.5) is 34.1 Å². The summed E-state index contributed by atoms with van der Waals surface area (Å²) in [6.07, 6.45) is 3.97. The Hall–Kier alpha value is -4.71. The summed E-state index contributed by atoms with van der Waals surface area (Å²) in [7, 11) is 0. The SMILES string of the molecule is c1ccc2c(c1)Sc1ccccc1N2c1c2ccccc2c(N2c3ccccc3Sc3ccccc32)c2cnccc12. The highest BCUT2D eigenvalue weighted by Crippen LogP contribution is 2.58. The smallest absolute Gasteiger partial charge is 0.0636 e. The van der Waals surface area contributed by atoms with Crippen LogP contribution in [0.5, 0.6) is 0 Å². The first-order valence-corrected chi connectivity index (χ1v) is 15.6. The number of hydrogen-bond acceptors (Lipinski definition) is 5. The maximum atomic E-state index is 4.71. The number of anilines is 6. The number of benzene rings is 6. The van der Waals surface area contributed by atoms with Crippen molar-refractivity contribution in [3.05, 3.63) is 140 Å². The Kier molecular flexibility index (Phi) is 5.37. The zero-order valence-electron chi connectivity index (χ0n) is 22.4. The van der Waals surface area contributed by atoms with E-state index < -0.39 is 0 Å².